The molecule has 0 spiro atoms. The minimum Gasteiger partial charge on any atom is -0.332 e. The van der Waals surface area contributed by atoms with Gasteiger partial charge in [0.15, 0.2) is 0 Å². The van der Waals surface area contributed by atoms with Crippen LogP contribution in [0.15, 0.2) is 27.9 Å². The van der Waals surface area contributed by atoms with Crippen molar-refractivity contribution in [1.82, 2.24) is 13.9 Å². The Hall–Kier alpha value is -1.18. The van der Waals surface area contributed by atoms with Crippen LogP contribution in [0.1, 0.15) is 37.2 Å². The summed E-state index contributed by atoms with van der Waals surface area (Å²) in [5.74, 6) is 2.29. The van der Waals surface area contributed by atoms with Gasteiger partial charge in [-0.1, -0.05) is 6.07 Å². The zero-order valence-electron chi connectivity index (χ0n) is 14.6. The van der Waals surface area contributed by atoms with Gasteiger partial charge in [0.25, 0.3) is 10.0 Å². The van der Waals surface area contributed by atoms with Gasteiger partial charge in [-0.3, -0.25) is 0 Å². The van der Waals surface area contributed by atoms with E-state index >= 15 is 0 Å². The number of piperidine rings is 1. The van der Waals surface area contributed by atoms with E-state index in [2.05, 4.69) is 16.5 Å². The zero-order chi connectivity index (χ0) is 17.4. The molecule has 3 heterocycles. The van der Waals surface area contributed by atoms with Crippen molar-refractivity contribution in [2.24, 2.45) is 11.8 Å². The molecule has 2 fully saturated rings. The summed E-state index contributed by atoms with van der Waals surface area (Å²) < 4.78 is 30.1. The summed E-state index contributed by atoms with van der Waals surface area (Å²) >= 11 is 1.30. The topological polar surface area (TPSA) is 55.2 Å². The van der Waals surface area contributed by atoms with Crippen molar-refractivity contribution in [3.63, 3.8) is 0 Å². The number of thiophene rings is 1. The second-order valence-corrected chi connectivity index (χ2v) is 10.5. The lowest BCUT2D eigenvalue weighted by atomic mass is 9.96. The van der Waals surface area contributed by atoms with Crippen molar-refractivity contribution in [3.05, 3.63) is 35.2 Å². The Balaban J connectivity index is 1.47. The molecule has 1 atom stereocenters. The molecular formula is C18H25N3O2S2. The largest absolute Gasteiger partial charge is 0.332 e. The van der Waals surface area contributed by atoms with Crippen LogP contribution >= 0.6 is 11.3 Å². The normalized spacial score (nSPS) is 22.4. The average molecular weight is 380 g/mol. The van der Waals surface area contributed by atoms with E-state index in [1.807, 2.05) is 11.6 Å². The van der Waals surface area contributed by atoms with Crippen molar-refractivity contribution >= 4 is 21.4 Å². The molecule has 0 amide bonds. The molecular weight excluding hydrogens is 354 g/mol. The van der Waals surface area contributed by atoms with Crippen LogP contribution in [0.2, 0.25) is 0 Å². The molecule has 7 heteroatoms. The van der Waals surface area contributed by atoms with Crippen molar-refractivity contribution in [2.75, 3.05) is 13.1 Å². The predicted octanol–water partition coefficient (Wildman–Crippen LogP) is 3.31. The lowest BCUT2D eigenvalue weighted by Gasteiger charge is -2.31. The molecule has 1 saturated heterocycles. The number of aryl methyl sites for hydroxylation is 1. The predicted molar refractivity (Wildman–Crippen MR) is 99.2 cm³/mol. The molecule has 1 aliphatic carbocycles. The second-order valence-electron chi connectivity index (χ2n) is 7.38. The van der Waals surface area contributed by atoms with Crippen molar-refractivity contribution in [3.8, 4) is 0 Å². The molecule has 25 heavy (non-hydrogen) atoms. The molecule has 0 N–H and O–H groups in total. The van der Waals surface area contributed by atoms with Crippen LogP contribution in [0.25, 0.3) is 0 Å². The van der Waals surface area contributed by atoms with Crippen LogP contribution < -0.4 is 0 Å². The first-order valence-corrected chi connectivity index (χ1v) is 11.4. The fraction of sp³-hybridized carbons (Fsp3) is 0.611. The number of nitrogens with zero attached hydrogens (tertiary/aromatic N) is 3. The summed E-state index contributed by atoms with van der Waals surface area (Å²) in [5.41, 5.74) is 1.22. The van der Waals surface area contributed by atoms with E-state index in [0.29, 0.717) is 23.2 Å². The Kier molecular flexibility index (Phi) is 4.73. The van der Waals surface area contributed by atoms with Crippen LogP contribution in [0.5, 0.6) is 0 Å². The fourth-order valence-electron chi connectivity index (χ4n) is 3.69. The highest BCUT2D eigenvalue weighted by molar-refractivity contribution is 7.91. The molecule has 0 bridgehead atoms. The Labute approximate surface area is 153 Å². The Morgan fingerprint density at radius 2 is 2.12 bits per heavy atom. The first-order chi connectivity index (χ1) is 12.0. The van der Waals surface area contributed by atoms with Crippen molar-refractivity contribution in [2.45, 2.75) is 49.8 Å². The van der Waals surface area contributed by atoms with Gasteiger partial charge in [-0.25, -0.2) is 13.4 Å². The van der Waals surface area contributed by atoms with Crippen LogP contribution in [-0.2, 0) is 23.0 Å². The third kappa shape index (κ3) is 3.68. The van der Waals surface area contributed by atoms with Gasteiger partial charge in [0.05, 0.1) is 0 Å². The van der Waals surface area contributed by atoms with Crippen molar-refractivity contribution < 1.29 is 8.42 Å². The lowest BCUT2D eigenvalue weighted by Crippen LogP contribution is -2.40. The summed E-state index contributed by atoms with van der Waals surface area (Å²) in [6, 6.07) is 3.51. The first-order valence-electron chi connectivity index (χ1n) is 9.08. The minimum absolute atomic E-state index is 0.350. The first kappa shape index (κ1) is 17.2. The van der Waals surface area contributed by atoms with Crippen LogP contribution in [0.4, 0.5) is 0 Å². The zero-order valence-corrected chi connectivity index (χ0v) is 16.2. The smallest absolute Gasteiger partial charge is 0.252 e. The maximum atomic E-state index is 12.8. The van der Waals surface area contributed by atoms with E-state index in [-0.39, 0.29) is 0 Å². The molecule has 1 unspecified atom stereocenters. The molecule has 2 aliphatic rings. The van der Waals surface area contributed by atoms with Gasteiger partial charge in [0, 0.05) is 37.9 Å². The van der Waals surface area contributed by atoms with Gasteiger partial charge in [-0.15, -0.1) is 11.3 Å². The second kappa shape index (κ2) is 6.85. The van der Waals surface area contributed by atoms with Crippen LogP contribution in [-0.4, -0.2) is 35.4 Å². The highest BCUT2D eigenvalue weighted by Gasteiger charge is 2.32. The Morgan fingerprint density at radius 1 is 1.28 bits per heavy atom. The van der Waals surface area contributed by atoms with Gasteiger partial charge >= 0.3 is 0 Å². The van der Waals surface area contributed by atoms with E-state index < -0.39 is 10.0 Å². The van der Waals surface area contributed by atoms with E-state index in [9.17, 15) is 8.42 Å². The third-order valence-corrected chi connectivity index (χ3v) is 8.56. The number of sulfonamides is 1. The molecule has 2 aromatic rings. The molecule has 1 saturated carbocycles. The quantitative estimate of drug-likeness (QED) is 0.774. The number of rotatable bonds is 6. The molecule has 1 aliphatic heterocycles. The molecule has 5 nitrogen and oxygen atoms in total. The summed E-state index contributed by atoms with van der Waals surface area (Å²) in [4.78, 5) is 4.62. The average Bonchev–Trinajstić information content (AvgIpc) is 3.11. The van der Waals surface area contributed by atoms with Gasteiger partial charge in [-0.05, 0) is 55.9 Å². The standard InChI is InChI=1S/C18H25N3O2S2/c1-14-11-19-17(21(14)13-15-6-7-15)10-16-4-2-8-20(12-16)25(22,23)18-5-3-9-24-18/h3,5,9,11,15-16H,2,4,6-8,10,12-13H2,1H3. The molecule has 4 rings (SSSR count). The number of hydrogen-bond acceptors (Lipinski definition) is 4. The monoisotopic (exact) mass is 379 g/mol. The molecule has 136 valence electrons. The maximum absolute atomic E-state index is 12.8. The summed E-state index contributed by atoms with van der Waals surface area (Å²) in [6.07, 6.45) is 7.49. The third-order valence-electron chi connectivity index (χ3n) is 5.32. The van der Waals surface area contributed by atoms with E-state index in [4.69, 9.17) is 0 Å². The molecule has 2 aromatic heterocycles. The minimum atomic E-state index is -3.33. The van der Waals surface area contributed by atoms with Crippen molar-refractivity contribution in [1.29, 1.82) is 0 Å². The van der Waals surface area contributed by atoms with Crippen LogP contribution in [0, 0.1) is 18.8 Å². The number of hydrogen-bond donors (Lipinski definition) is 0. The highest BCUT2D eigenvalue weighted by Crippen LogP contribution is 2.32. The summed E-state index contributed by atoms with van der Waals surface area (Å²) in [6.45, 7) is 4.43. The fourth-order valence-corrected chi connectivity index (χ4v) is 6.39. The van der Waals surface area contributed by atoms with Gasteiger partial charge in [-0.2, -0.15) is 4.31 Å². The maximum Gasteiger partial charge on any atom is 0.252 e. The van der Waals surface area contributed by atoms with Gasteiger partial charge in [0.1, 0.15) is 10.0 Å². The SMILES string of the molecule is Cc1cnc(CC2CCCN(S(=O)(=O)c3cccs3)C2)n1CC1CC1. The van der Waals surface area contributed by atoms with E-state index in [1.54, 1.807) is 16.4 Å². The Morgan fingerprint density at radius 3 is 2.84 bits per heavy atom. The van der Waals surface area contributed by atoms with Gasteiger partial charge in [0.2, 0.25) is 0 Å². The molecule has 0 aromatic carbocycles. The number of aromatic nitrogens is 2. The van der Waals surface area contributed by atoms with Crippen LogP contribution in [0.3, 0.4) is 0 Å². The molecule has 0 radical (unpaired) electrons. The number of imidazole rings is 1. The highest BCUT2D eigenvalue weighted by atomic mass is 32.2. The lowest BCUT2D eigenvalue weighted by molar-refractivity contribution is 0.261. The van der Waals surface area contributed by atoms with E-state index in [1.165, 1.54) is 29.9 Å². The Bertz CT molecular complexity index is 823. The summed E-state index contributed by atoms with van der Waals surface area (Å²) in [7, 11) is -3.33. The summed E-state index contributed by atoms with van der Waals surface area (Å²) in [5, 5.41) is 1.83. The van der Waals surface area contributed by atoms with Gasteiger partial charge < -0.3 is 4.57 Å². The van der Waals surface area contributed by atoms with E-state index in [0.717, 1.165) is 37.5 Å².